The number of aromatic amines is 1. The lowest BCUT2D eigenvalue weighted by Gasteiger charge is -2.01. The number of hydrogen-bond donors (Lipinski definition) is 2. The molecule has 0 fully saturated rings. The van der Waals surface area contributed by atoms with E-state index in [-0.39, 0.29) is 5.82 Å². The summed E-state index contributed by atoms with van der Waals surface area (Å²) < 4.78 is 12.8. The van der Waals surface area contributed by atoms with Gasteiger partial charge >= 0.3 is 0 Å². The smallest absolute Gasteiger partial charge is 0.139 e. The van der Waals surface area contributed by atoms with Crippen LogP contribution in [0.3, 0.4) is 0 Å². The minimum absolute atomic E-state index is 0.337. The highest BCUT2D eigenvalue weighted by atomic mass is 19.1. The summed E-state index contributed by atoms with van der Waals surface area (Å²) in [5.41, 5.74) is 8.75. The molecule has 4 heteroatoms. The van der Waals surface area contributed by atoms with Gasteiger partial charge in [-0.3, -0.25) is 0 Å². The molecular weight excluding hydrogens is 193 g/mol. The van der Waals surface area contributed by atoms with Gasteiger partial charge in [0.15, 0.2) is 0 Å². The van der Waals surface area contributed by atoms with Crippen LogP contribution < -0.4 is 5.73 Å². The maximum absolute atomic E-state index is 12.8. The van der Waals surface area contributed by atoms with Gasteiger partial charge in [-0.15, -0.1) is 0 Å². The molecular formula is C11H12FN3. The van der Waals surface area contributed by atoms with Crippen molar-refractivity contribution in [1.29, 1.82) is 0 Å². The first-order chi connectivity index (χ1) is 7.08. The van der Waals surface area contributed by atoms with E-state index in [1.807, 2.05) is 13.8 Å². The Labute approximate surface area is 87.2 Å². The van der Waals surface area contributed by atoms with Gasteiger partial charge in [0.2, 0.25) is 0 Å². The Morgan fingerprint density at radius 2 is 2.07 bits per heavy atom. The molecule has 0 saturated heterocycles. The number of nitrogens with one attached hydrogen (secondary N) is 1. The first kappa shape index (κ1) is 9.71. The molecule has 2 rings (SSSR count). The third kappa shape index (κ3) is 1.70. The SMILES string of the molecule is Cc1nc(-c2ccc(F)cc2N)[nH]c1C. The third-order valence-electron chi connectivity index (χ3n) is 2.40. The molecule has 0 atom stereocenters. The number of nitrogens with zero attached hydrogens (tertiary/aromatic N) is 1. The maximum Gasteiger partial charge on any atom is 0.139 e. The van der Waals surface area contributed by atoms with Crippen LogP contribution in [0.5, 0.6) is 0 Å². The molecule has 1 aromatic carbocycles. The summed E-state index contributed by atoms with van der Waals surface area (Å²) in [5, 5.41) is 0. The first-order valence-electron chi connectivity index (χ1n) is 4.66. The van der Waals surface area contributed by atoms with Crippen molar-refractivity contribution in [1.82, 2.24) is 9.97 Å². The van der Waals surface area contributed by atoms with Crippen molar-refractivity contribution in [3.05, 3.63) is 35.4 Å². The zero-order valence-electron chi connectivity index (χ0n) is 8.63. The molecule has 15 heavy (non-hydrogen) atoms. The summed E-state index contributed by atoms with van der Waals surface area (Å²) in [6, 6.07) is 4.30. The van der Waals surface area contributed by atoms with Crippen molar-refractivity contribution in [2.24, 2.45) is 0 Å². The number of aromatic nitrogens is 2. The Balaban J connectivity index is 2.54. The minimum atomic E-state index is -0.337. The van der Waals surface area contributed by atoms with E-state index >= 15 is 0 Å². The average Bonchev–Trinajstić information content (AvgIpc) is 2.46. The van der Waals surface area contributed by atoms with Crippen molar-refractivity contribution in [2.75, 3.05) is 5.73 Å². The number of halogens is 1. The Bertz CT molecular complexity index is 483. The normalized spacial score (nSPS) is 10.6. The monoisotopic (exact) mass is 205 g/mol. The highest BCUT2D eigenvalue weighted by Gasteiger charge is 2.08. The summed E-state index contributed by atoms with van der Waals surface area (Å²) >= 11 is 0. The molecule has 78 valence electrons. The van der Waals surface area contributed by atoms with Crippen LogP contribution in [-0.4, -0.2) is 9.97 Å². The standard InChI is InChI=1S/C11H12FN3/c1-6-7(2)15-11(14-6)9-4-3-8(12)5-10(9)13/h3-5H,13H2,1-2H3,(H,14,15). The van der Waals surface area contributed by atoms with Crippen LogP contribution in [0.4, 0.5) is 10.1 Å². The van der Waals surface area contributed by atoms with Crippen LogP contribution in [0.2, 0.25) is 0 Å². The molecule has 0 radical (unpaired) electrons. The van der Waals surface area contributed by atoms with Gasteiger partial charge in [0.1, 0.15) is 11.6 Å². The molecule has 0 aliphatic rings. The summed E-state index contributed by atoms with van der Waals surface area (Å²) in [7, 11) is 0. The first-order valence-corrected chi connectivity index (χ1v) is 4.66. The van der Waals surface area contributed by atoms with E-state index in [4.69, 9.17) is 5.73 Å². The van der Waals surface area contributed by atoms with Crippen molar-refractivity contribution in [3.63, 3.8) is 0 Å². The molecule has 2 aromatic rings. The van der Waals surface area contributed by atoms with Crippen molar-refractivity contribution in [2.45, 2.75) is 13.8 Å². The van der Waals surface area contributed by atoms with Gasteiger partial charge in [-0.2, -0.15) is 0 Å². The Morgan fingerprint density at radius 1 is 1.33 bits per heavy atom. The largest absolute Gasteiger partial charge is 0.398 e. The number of nitrogens with two attached hydrogens (primary N) is 1. The van der Waals surface area contributed by atoms with Gasteiger partial charge in [-0.25, -0.2) is 9.37 Å². The molecule has 0 spiro atoms. The minimum Gasteiger partial charge on any atom is -0.398 e. The number of anilines is 1. The zero-order valence-corrected chi connectivity index (χ0v) is 8.63. The molecule has 0 aliphatic carbocycles. The maximum atomic E-state index is 12.8. The summed E-state index contributed by atoms with van der Waals surface area (Å²) in [6.07, 6.45) is 0. The second-order valence-corrected chi connectivity index (χ2v) is 3.53. The lowest BCUT2D eigenvalue weighted by molar-refractivity contribution is 0.628. The number of nitrogen functional groups attached to an aromatic ring is 1. The van der Waals surface area contributed by atoms with Gasteiger partial charge in [-0.1, -0.05) is 0 Å². The van der Waals surface area contributed by atoms with E-state index in [1.54, 1.807) is 6.07 Å². The van der Waals surface area contributed by atoms with Crippen LogP contribution in [0.15, 0.2) is 18.2 Å². The summed E-state index contributed by atoms with van der Waals surface area (Å²) in [6.45, 7) is 3.85. The van der Waals surface area contributed by atoms with Crippen molar-refractivity contribution >= 4 is 5.69 Å². The van der Waals surface area contributed by atoms with Crippen LogP contribution in [0, 0.1) is 19.7 Å². The van der Waals surface area contributed by atoms with Gasteiger partial charge in [-0.05, 0) is 32.0 Å². The fourth-order valence-electron chi connectivity index (χ4n) is 1.42. The fraction of sp³-hybridized carbons (Fsp3) is 0.182. The average molecular weight is 205 g/mol. The Hall–Kier alpha value is -1.84. The number of benzene rings is 1. The fourth-order valence-corrected chi connectivity index (χ4v) is 1.42. The molecule has 0 amide bonds. The molecule has 1 aromatic heterocycles. The predicted octanol–water partition coefficient (Wildman–Crippen LogP) is 2.41. The highest BCUT2D eigenvalue weighted by Crippen LogP contribution is 2.24. The molecule has 0 unspecified atom stereocenters. The number of rotatable bonds is 1. The number of imidazole rings is 1. The quantitative estimate of drug-likeness (QED) is 0.702. The second kappa shape index (κ2) is 3.38. The predicted molar refractivity (Wildman–Crippen MR) is 57.9 cm³/mol. The summed E-state index contributed by atoms with van der Waals surface area (Å²) in [5.74, 6) is 0.346. The van der Waals surface area contributed by atoms with E-state index in [1.165, 1.54) is 12.1 Å². The van der Waals surface area contributed by atoms with Gasteiger partial charge in [0.05, 0.1) is 5.69 Å². The van der Waals surface area contributed by atoms with Gasteiger partial charge in [0.25, 0.3) is 0 Å². The molecule has 3 nitrogen and oxygen atoms in total. The molecule has 1 heterocycles. The topological polar surface area (TPSA) is 54.7 Å². The summed E-state index contributed by atoms with van der Waals surface area (Å²) in [4.78, 5) is 7.42. The number of H-pyrrole nitrogens is 1. The van der Waals surface area contributed by atoms with Crippen molar-refractivity contribution in [3.8, 4) is 11.4 Å². The molecule has 3 N–H and O–H groups in total. The number of aryl methyl sites for hydroxylation is 2. The molecule has 0 bridgehead atoms. The van der Waals surface area contributed by atoms with Crippen LogP contribution >= 0.6 is 0 Å². The van der Waals surface area contributed by atoms with Crippen LogP contribution in [-0.2, 0) is 0 Å². The van der Waals surface area contributed by atoms with Gasteiger partial charge in [0, 0.05) is 16.9 Å². The Kier molecular flexibility index (Phi) is 2.19. The van der Waals surface area contributed by atoms with E-state index in [0.29, 0.717) is 11.5 Å². The zero-order chi connectivity index (χ0) is 11.0. The number of hydrogen-bond acceptors (Lipinski definition) is 2. The van der Waals surface area contributed by atoms with E-state index in [2.05, 4.69) is 9.97 Å². The Morgan fingerprint density at radius 3 is 2.60 bits per heavy atom. The lowest BCUT2D eigenvalue weighted by Crippen LogP contribution is -1.92. The lowest BCUT2D eigenvalue weighted by atomic mass is 10.1. The molecule has 0 saturated carbocycles. The van der Waals surface area contributed by atoms with Crippen LogP contribution in [0.1, 0.15) is 11.4 Å². The van der Waals surface area contributed by atoms with E-state index < -0.39 is 0 Å². The van der Waals surface area contributed by atoms with Gasteiger partial charge < -0.3 is 10.7 Å². The third-order valence-corrected chi connectivity index (χ3v) is 2.40. The molecule has 0 aliphatic heterocycles. The second-order valence-electron chi connectivity index (χ2n) is 3.53. The van der Waals surface area contributed by atoms with Crippen molar-refractivity contribution < 1.29 is 4.39 Å². The highest BCUT2D eigenvalue weighted by molar-refractivity contribution is 5.71. The van der Waals surface area contributed by atoms with Crippen LogP contribution in [0.25, 0.3) is 11.4 Å². The van der Waals surface area contributed by atoms with E-state index in [0.717, 1.165) is 17.0 Å². The van der Waals surface area contributed by atoms with E-state index in [9.17, 15) is 4.39 Å².